The Kier molecular flexibility index (Phi) is 2.76. The number of nitrogens with zero attached hydrogens (tertiary/aromatic N) is 4. The number of benzene rings is 1. The van der Waals surface area contributed by atoms with Gasteiger partial charge in [0.15, 0.2) is 5.82 Å². The maximum Gasteiger partial charge on any atom is 0.167 e. The van der Waals surface area contributed by atoms with E-state index < -0.39 is 0 Å². The first-order valence-corrected chi connectivity index (χ1v) is 6.02. The summed E-state index contributed by atoms with van der Waals surface area (Å²) in [4.78, 5) is 8.36. The fourth-order valence-electron chi connectivity index (χ4n) is 2.14. The van der Waals surface area contributed by atoms with Crippen LogP contribution in [-0.4, -0.2) is 22.2 Å². The van der Waals surface area contributed by atoms with E-state index in [-0.39, 0.29) is 0 Å². The van der Waals surface area contributed by atoms with Gasteiger partial charge < -0.3 is 0 Å². The average Bonchev–Trinajstić information content (AvgIpc) is 2.83. The number of anilines is 1. The lowest BCUT2D eigenvalue weighted by Gasteiger charge is -2.11. The average molecular weight is 238 g/mol. The minimum absolute atomic E-state index is 0.398. The van der Waals surface area contributed by atoms with Crippen molar-refractivity contribution in [2.24, 2.45) is 11.0 Å². The highest BCUT2D eigenvalue weighted by Crippen LogP contribution is 2.22. The van der Waals surface area contributed by atoms with Crippen molar-refractivity contribution < 1.29 is 0 Å². The molecule has 0 saturated heterocycles. The van der Waals surface area contributed by atoms with Crippen LogP contribution in [0.2, 0.25) is 0 Å². The number of hydrogen-bond donors (Lipinski definition) is 0. The SMILES string of the molecule is CC1CN(c2cnccn2)N=C1c1ccccc1. The van der Waals surface area contributed by atoms with Crippen LogP contribution in [0.4, 0.5) is 5.82 Å². The van der Waals surface area contributed by atoms with E-state index in [4.69, 9.17) is 0 Å². The molecule has 2 heterocycles. The zero-order valence-corrected chi connectivity index (χ0v) is 10.2. The summed E-state index contributed by atoms with van der Waals surface area (Å²) in [5.41, 5.74) is 2.29. The monoisotopic (exact) mass is 238 g/mol. The van der Waals surface area contributed by atoms with Gasteiger partial charge in [-0.15, -0.1) is 0 Å². The van der Waals surface area contributed by atoms with E-state index >= 15 is 0 Å². The van der Waals surface area contributed by atoms with Gasteiger partial charge >= 0.3 is 0 Å². The molecule has 1 atom stereocenters. The molecule has 18 heavy (non-hydrogen) atoms. The van der Waals surface area contributed by atoms with Crippen molar-refractivity contribution in [2.45, 2.75) is 6.92 Å². The second kappa shape index (κ2) is 4.56. The Morgan fingerprint density at radius 1 is 1.17 bits per heavy atom. The third-order valence-corrected chi connectivity index (χ3v) is 3.03. The second-order valence-electron chi connectivity index (χ2n) is 4.40. The molecule has 0 radical (unpaired) electrons. The summed E-state index contributed by atoms with van der Waals surface area (Å²) in [6, 6.07) is 10.3. The van der Waals surface area contributed by atoms with Gasteiger partial charge in [0.1, 0.15) is 0 Å². The Morgan fingerprint density at radius 2 is 2.00 bits per heavy atom. The molecule has 0 aliphatic carbocycles. The first-order chi connectivity index (χ1) is 8.84. The Bertz CT molecular complexity index is 551. The van der Waals surface area contributed by atoms with E-state index in [1.807, 2.05) is 23.2 Å². The van der Waals surface area contributed by atoms with Crippen LogP contribution in [-0.2, 0) is 0 Å². The molecular formula is C14H14N4. The summed E-state index contributed by atoms with van der Waals surface area (Å²) in [5.74, 6) is 1.20. The normalized spacial score (nSPS) is 18.8. The number of aromatic nitrogens is 2. The Labute approximate surface area is 106 Å². The van der Waals surface area contributed by atoms with Gasteiger partial charge in [0, 0.05) is 18.3 Å². The Balaban J connectivity index is 1.93. The standard InChI is InChI=1S/C14H14N4/c1-11-10-18(13-9-15-7-8-16-13)17-14(11)12-5-3-2-4-6-12/h2-9,11H,10H2,1H3. The predicted octanol–water partition coefficient (Wildman–Crippen LogP) is 2.34. The summed E-state index contributed by atoms with van der Waals surface area (Å²) in [6.07, 6.45) is 5.10. The lowest BCUT2D eigenvalue weighted by atomic mass is 10.00. The summed E-state index contributed by atoms with van der Waals surface area (Å²) in [7, 11) is 0. The summed E-state index contributed by atoms with van der Waals surface area (Å²) in [6.45, 7) is 3.03. The number of hydrogen-bond acceptors (Lipinski definition) is 4. The van der Waals surface area contributed by atoms with Gasteiger partial charge in [-0.05, 0) is 5.56 Å². The highest BCUT2D eigenvalue weighted by Gasteiger charge is 2.25. The lowest BCUT2D eigenvalue weighted by molar-refractivity contribution is 0.764. The van der Waals surface area contributed by atoms with Crippen molar-refractivity contribution in [1.29, 1.82) is 0 Å². The van der Waals surface area contributed by atoms with Crippen molar-refractivity contribution in [1.82, 2.24) is 9.97 Å². The van der Waals surface area contributed by atoms with Crippen molar-refractivity contribution in [2.75, 3.05) is 11.6 Å². The summed E-state index contributed by atoms with van der Waals surface area (Å²) in [5, 5.41) is 6.57. The van der Waals surface area contributed by atoms with Crippen molar-refractivity contribution in [3.8, 4) is 0 Å². The fraction of sp³-hybridized carbons (Fsp3) is 0.214. The first-order valence-electron chi connectivity index (χ1n) is 6.02. The van der Waals surface area contributed by atoms with Crippen LogP contribution >= 0.6 is 0 Å². The highest BCUT2D eigenvalue weighted by molar-refractivity contribution is 6.04. The fourth-order valence-corrected chi connectivity index (χ4v) is 2.14. The Hall–Kier alpha value is -2.23. The smallest absolute Gasteiger partial charge is 0.167 e. The van der Waals surface area contributed by atoms with Crippen molar-refractivity contribution in [3.63, 3.8) is 0 Å². The maximum atomic E-state index is 4.66. The molecule has 0 fully saturated rings. The topological polar surface area (TPSA) is 41.4 Å². The third-order valence-electron chi connectivity index (χ3n) is 3.03. The minimum atomic E-state index is 0.398. The van der Waals surface area contributed by atoms with Crippen LogP contribution in [0, 0.1) is 5.92 Å². The van der Waals surface area contributed by atoms with Gasteiger partial charge in [0.25, 0.3) is 0 Å². The molecule has 1 aliphatic rings. The van der Waals surface area contributed by atoms with Crippen LogP contribution in [0.25, 0.3) is 0 Å². The molecule has 0 spiro atoms. The molecule has 1 aromatic carbocycles. The largest absolute Gasteiger partial charge is 0.259 e. The quantitative estimate of drug-likeness (QED) is 0.806. The van der Waals surface area contributed by atoms with Gasteiger partial charge in [-0.3, -0.25) is 4.98 Å². The van der Waals surface area contributed by atoms with Gasteiger partial charge in [0.05, 0.1) is 18.5 Å². The van der Waals surface area contributed by atoms with E-state index in [0.717, 1.165) is 18.1 Å². The molecule has 4 nitrogen and oxygen atoms in total. The highest BCUT2D eigenvalue weighted by atomic mass is 15.5. The van der Waals surface area contributed by atoms with Crippen LogP contribution < -0.4 is 5.01 Å². The molecule has 2 aromatic rings. The molecule has 3 rings (SSSR count). The summed E-state index contributed by atoms with van der Waals surface area (Å²) < 4.78 is 0. The molecular weight excluding hydrogens is 224 g/mol. The summed E-state index contributed by atoms with van der Waals surface area (Å²) >= 11 is 0. The molecule has 0 saturated carbocycles. The number of rotatable bonds is 2. The van der Waals surface area contributed by atoms with E-state index in [1.54, 1.807) is 18.6 Å². The van der Waals surface area contributed by atoms with Gasteiger partial charge in [0.2, 0.25) is 0 Å². The van der Waals surface area contributed by atoms with Crippen LogP contribution in [0.5, 0.6) is 0 Å². The second-order valence-corrected chi connectivity index (χ2v) is 4.40. The van der Waals surface area contributed by atoms with Crippen molar-refractivity contribution in [3.05, 3.63) is 54.5 Å². The van der Waals surface area contributed by atoms with Crippen molar-refractivity contribution >= 4 is 11.5 Å². The van der Waals surface area contributed by atoms with E-state index in [2.05, 4.69) is 34.1 Å². The van der Waals surface area contributed by atoms with Gasteiger partial charge in [-0.2, -0.15) is 5.10 Å². The zero-order chi connectivity index (χ0) is 12.4. The van der Waals surface area contributed by atoms with Gasteiger partial charge in [-0.25, -0.2) is 9.99 Å². The predicted molar refractivity (Wildman–Crippen MR) is 71.5 cm³/mol. The van der Waals surface area contributed by atoms with Crippen LogP contribution in [0.3, 0.4) is 0 Å². The van der Waals surface area contributed by atoms with Crippen LogP contribution in [0.15, 0.2) is 54.0 Å². The zero-order valence-electron chi connectivity index (χ0n) is 10.2. The molecule has 90 valence electrons. The van der Waals surface area contributed by atoms with Crippen LogP contribution in [0.1, 0.15) is 12.5 Å². The molecule has 1 unspecified atom stereocenters. The molecule has 1 aromatic heterocycles. The van der Waals surface area contributed by atoms with E-state index in [9.17, 15) is 0 Å². The minimum Gasteiger partial charge on any atom is -0.259 e. The molecule has 0 amide bonds. The Morgan fingerprint density at radius 3 is 2.72 bits per heavy atom. The lowest BCUT2D eigenvalue weighted by Crippen LogP contribution is -2.18. The molecule has 0 bridgehead atoms. The maximum absolute atomic E-state index is 4.66. The molecule has 4 heteroatoms. The van der Waals surface area contributed by atoms with E-state index in [0.29, 0.717) is 5.92 Å². The number of hydrazone groups is 1. The molecule has 0 N–H and O–H groups in total. The third kappa shape index (κ3) is 1.97. The van der Waals surface area contributed by atoms with Gasteiger partial charge in [-0.1, -0.05) is 37.3 Å². The van der Waals surface area contributed by atoms with E-state index in [1.165, 1.54) is 5.56 Å². The molecule has 1 aliphatic heterocycles. The first kappa shape index (κ1) is 10.9.